The van der Waals surface area contributed by atoms with Crippen molar-refractivity contribution in [2.45, 2.75) is 156 Å². The van der Waals surface area contributed by atoms with Gasteiger partial charge in [0.25, 0.3) is 0 Å². The van der Waals surface area contributed by atoms with Crippen LogP contribution in [-0.2, 0) is 77.9 Å². The molecule has 17 nitrogen and oxygen atoms in total. The van der Waals surface area contributed by atoms with Crippen molar-refractivity contribution < 1.29 is 76.1 Å². The number of unbranched alkanes of at least 4 members (excludes halogenated alkanes) is 1. The largest absolute Gasteiger partial charge is 0.463 e. The number of carbonyl (C=O) groups excluding carboxylic acids is 5. The van der Waals surface area contributed by atoms with E-state index in [0.29, 0.717) is 19.4 Å². The van der Waals surface area contributed by atoms with Gasteiger partial charge < -0.3 is 57.4 Å². The van der Waals surface area contributed by atoms with Crippen LogP contribution >= 0.6 is 0 Å². The molecule has 3 saturated heterocycles. The standard InChI is InChI=1S/C61H81NO16/c1-35-36(2)52(32-69-42(8)63)74-59(39(35)5)77-56-38(4)41(7)60(76-54(56)34-71-44(10)65)78-55-37(3)40(6)58(75-53(55)33-70-43(9)64)68-29-21-12-11-16-28-51(57(66)72-30-45-22-14-13-15-23-45)62-61(67)73-31-50-48-26-19-17-24-46(48)47-25-18-20-27-49(47)50/h11,13-20,22-27,35-41,50-56,58-60H,12,21,28-34H2,1-10H3,(H,62,67)/b16-11+/t35-,36+,37+,38+,39?,40?,41?,51-,52?,53?,54?,55-,56+,58+,59+,60-/m0/s1. The third-order valence-corrected chi connectivity index (χ3v) is 16.3. The number of carbonyl (C=O) groups is 5. The summed E-state index contributed by atoms with van der Waals surface area (Å²) in [5, 5.41) is 2.76. The van der Waals surface area contributed by atoms with E-state index in [1.807, 2.05) is 107 Å². The van der Waals surface area contributed by atoms with Crippen LogP contribution in [0.3, 0.4) is 0 Å². The second-order valence-electron chi connectivity index (χ2n) is 21.6. The van der Waals surface area contributed by atoms with Crippen molar-refractivity contribution in [3.05, 3.63) is 108 Å². The van der Waals surface area contributed by atoms with Crippen molar-refractivity contribution in [2.24, 2.45) is 41.4 Å². The minimum absolute atomic E-state index is 0.0102. The quantitative estimate of drug-likeness (QED) is 0.0407. The number of esters is 4. The molecule has 0 bridgehead atoms. The Kier molecular flexibility index (Phi) is 21.9. The molecular formula is C61H81NO16. The molecule has 1 amide bonds. The van der Waals surface area contributed by atoms with E-state index in [-0.39, 0.29) is 98.9 Å². The normalized spacial score (nSPS) is 30.1. The Bertz CT molecular complexity index is 2440. The highest BCUT2D eigenvalue weighted by atomic mass is 16.7. The molecule has 7 rings (SSSR count). The summed E-state index contributed by atoms with van der Waals surface area (Å²) in [6.07, 6.45) is -0.603. The highest BCUT2D eigenvalue weighted by Gasteiger charge is 2.51. The molecule has 0 radical (unpaired) electrons. The van der Waals surface area contributed by atoms with E-state index in [1.54, 1.807) is 0 Å². The van der Waals surface area contributed by atoms with E-state index in [0.717, 1.165) is 27.8 Å². The van der Waals surface area contributed by atoms with Gasteiger partial charge in [-0.05, 0) is 70.8 Å². The second kappa shape index (κ2) is 28.5. The number of hydrogen-bond donors (Lipinski definition) is 1. The Balaban J connectivity index is 0.935. The van der Waals surface area contributed by atoms with E-state index in [4.69, 9.17) is 52.1 Å². The SMILES string of the molecule is CC(=O)OCC1O[C@@H](OCCC/C=C/C[C@H](NC(=O)OCC2c3ccccc3-c3ccccc32)C(=O)OCc2ccccc2)C(C)[C@@H](C)[C@@H]1O[C@@H]1OC(COC(C)=O)[C@H](O[C@H]2OC(COC(C)=O)[C@H](C)[C@H](C)C2C)[C@H](C)C1C. The molecule has 4 aliphatic rings. The number of fused-ring (bicyclic) bond motifs is 3. The van der Waals surface area contributed by atoms with Crippen molar-refractivity contribution in [2.75, 3.05) is 33.0 Å². The molecule has 426 valence electrons. The summed E-state index contributed by atoms with van der Waals surface area (Å²) in [5.41, 5.74) is 5.22. The smallest absolute Gasteiger partial charge is 0.407 e. The molecule has 0 saturated carbocycles. The van der Waals surface area contributed by atoms with E-state index >= 15 is 0 Å². The first kappa shape index (κ1) is 60.0. The summed E-state index contributed by atoms with van der Waals surface area (Å²) < 4.78 is 67.6. The van der Waals surface area contributed by atoms with Crippen LogP contribution in [0.4, 0.5) is 4.79 Å². The van der Waals surface area contributed by atoms with Crippen LogP contribution < -0.4 is 5.32 Å². The minimum atomic E-state index is -0.999. The molecule has 17 heteroatoms. The minimum Gasteiger partial charge on any atom is -0.463 e. The molecule has 6 unspecified atom stereocenters. The van der Waals surface area contributed by atoms with Crippen molar-refractivity contribution in [1.29, 1.82) is 0 Å². The van der Waals surface area contributed by atoms with Gasteiger partial charge in [-0.3, -0.25) is 14.4 Å². The maximum absolute atomic E-state index is 13.5. The fourth-order valence-corrected chi connectivity index (χ4v) is 10.9. The summed E-state index contributed by atoms with van der Waals surface area (Å²) in [6, 6.07) is 24.5. The predicted molar refractivity (Wildman–Crippen MR) is 287 cm³/mol. The third kappa shape index (κ3) is 15.6. The predicted octanol–water partition coefficient (Wildman–Crippen LogP) is 9.47. The Hall–Kier alpha value is -5.69. The van der Waals surface area contributed by atoms with Crippen molar-refractivity contribution in [1.82, 2.24) is 5.32 Å². The Morgan fingerprint density at radius 2 is 1.01 bits per heavy atom. The molecule has 3 fully saturated rings. The Morgan fingerprint density at radius 3 is 1.58 bits per heavy atom. The first-order chi connectivity index (χ1) is 37.4. The Morgan fingerprint density at radius 1 is 0.526 bits per heavy atom. The number of amides is 1. The number of benzene rings is 3. The molecule has 3 aliphatic heterocycles. The van der Waals surface area contributed by atoms with E-state index < -0.39 is 73.3 Å². The van der Waals surface area contributed by atoms with Gasteiger partial charge in [0.2, 0.25) is 0 Å². The fourth-order valence-electron chi connectivity index (χ4n) is 10.9. The van der Waals surface area contributed by atoms with E-state index in [2.05, 4.69) is 38.2 Å². The summed E-state index contributed by atoms with van der Waals surface area (Å²) in [6.45, 7) is 18.9. The average molecular weight is 1080 g/mol. The highest BCUT2D eigenvalue weighted by molar-refractivity contribution is 5.82. The lowest BCUT2D eigenvalue weighted by Crippen LogP contribution is -2.59. The first-order valence-electron chi connectivity index (χ1n) is 27.7. The van der Waals surface area contributed by atoms with Crippen molar-refractivity contribution in [3.63, 3.8) is 0 Å². The van der Waals surface area contributed by atoms with Gasteiger partial charge in [-0.15, -0.1) is 0 Å². The molecule has 3 aromatic carbocycles. The second-order valence-corrected chi connectivity index (χ2v) is 21.6. The van der Waals surface area contributed by atoms with Crippen molar-refractivity contribution >= 4 is 30.0 Å². The van der Waals surface area contributed by atoms with Gasteiger partial charge in [-0.25, -0.2) is 9.59 Å². The molecule has 16 atom stereocenters. The van der Waals surface area contributed by atoms with Crippen LogP contribution in [0.1, 0.15) is 111 Å². The number of hydrogen-bond acceptors (Lipinski definition) is 16. The van der Waals surface area contributed by atoms with Crippen LogP contribution in [-0.4, -0.2) is 118 Å². The maximum atomic E-state index is 13.5. The van der Waals surface area contributed by atoms with Crippen LogP contribution in [0.25, 0.3) is 11.1 Å². The molecule has 1 aliphatic carbocycles. The molecule has 0 spiro atoms. The summed E-state index contributed by atoms with van der Waals surface area (Å²) >= 11 is 0. The summed E-state index contributed by atoms with van der Waals surface area (Å²) in [4.78, 5) is 62.9. The topological polar surface area (TPSA) is 199 Å². The monoisotopic (exact) mass is 1080 g/mol. The summed E-state index contributed by atoms with van der Waals surface area (Å²) in [5.74, 6) is -2.49. The maximum Gasteiger partial charge on any atom is 0.407 e. The number of nitrogens with one attached hydrogen (secondary N) is 1. The number of rotatable bonds is 23. The van der Waals surface area contributed by atoms with Crippen LogP contribution in [0.2, 0.25) is 0 Å². The lowest BCUT2D eigenvalue weighted by Gasteiger charge is -2.50. The van der Waals surface area contributed by atoms with Gasteiger partial charge in [-0.1, -0.05) is 139 Å². The van der Waals surface area contributed by atoms with Gasteiger partial charge >= 0.3 is 30.0 Å². The zero-order valence-electron chi connectivity index (χ0n) is 46.9. The highest BCUT2D eigenvalue weighted by Crippen LogP contribution is 2.45. The van der Waals surface area contributed by atoms with Gasteiger partial charge in [0.1, 0.15) is 51.3 Å². The van der Waals surface area contributed by atoms with Gasteiger partial charge in [0.05, 0.1) is 24.9 Å². The average Bonchev–Trinajstić information content (AvgIpc) is 3.86. The van der Waals surface area contributed by atoms with Crippen molar-refractivity contribution in [3.8, 4) is 11.1 Å². The van der Waals surface area contributed by atoms with E-state index in [1.165, 1.54) is 20.8 Å². The molecule has 0 aromatic heterocycles. The van der Waals surface area contributed by atoms with Crippen LogP contribution in [0.15, 0.2) is 91.0 Å². The number of alkyl carbamates (subject to hydrolysis) is 1. The van der Waals surface area contributed by atoms with E-state index in [9.17, 15) is 24.0 Å². The summed E-state index contributed by atoms with van der Waals surface area (Å²) in [7, 11) is 0. The van der Waals surface area contributed by atoms with Gasteiger partial charge in [0.15, 0.2) is 18.9 Å². The van der Waals surface area contributed by atoms with Crippen LogP contribution in [0, 0.1) is 41.4 Å². The fraction of sp³-hybridized carbons (Fsp3) is 0.590. The zero-order valence-corrected chi connectivity index (χ0v) is 46.9. The Labute approximate surface area is 459 Å². The molecule has 3 aromatic rings. The number of ether oxygens (including phenoxy) is 11. The van der Waals surface area contributed by atoms with Gasteiger partial charge in [0, 0.05) is 44.4 Å². The first-order valence-corrected chi connectivity index (χ1v) is 27.7. The molecule has 1 N–H and O–H groups in total. The third-order valence-electron chi connectivity index (χ3n) is 16.3. The zero-order chi connectivity index (χ0) is 56.0. The lowest BCUT2D eigenvalue weighted by atomic mass is 9.78. The molecule has 3 heterocycles. The number of allylic oxidation sites excluding steroid dienone is 1. The van der Waals surface area contributed by atoms with Gasteiger partial charge in [-0.2, -0.15) is 0 Å². The lowest BCUT2D eigenvalue weighted by molar-refractivity contribution is -0.352. The molecule has 78 heavy (non-hydrogen) atoms. The van der Waals surface area contributed by atoms with Crippen LogP contribution in [0.5, 0.6) is 0 Å². The molecular weight excluding hydrogens is 1000 g/mol.